The molecule has 2 aromatic rings. The van der Waals surface area contributed by atoms with Crippen LogP contribution in [0.25, 0.3) is 0 Å². The highest BCUT2D eigenvalue weighted by Gasteiger charge is 2.01. The summed E-state index contributed by atoms with van der Waals surface area (Å²) in [4.78, 5) is 4.59. The number of nitrogens with one attached hydrogen (secondary N) is 2. The zero-order valence-electron chi connectivity index (χ0n) is 14.5. The Labute approximate surface area is 161 Å². The van der Waals surface area contributed by atoms with Crippen LogP contribution in [0.4, 0.5) is 0 Å². The van der Waals surface area contributed by atoms with Gasteiger partial charge in [-0.2, -0.15) is 0 Å². The van der Waals surface area contributed by atoms with Crippen molar-refractivity contribution >= 4 is 29.9 Å². The zero-order chi connectivity index (χ0) is 16.7. The fraction of sp³-hybridized carbons (Fsp3) is 0.316. The number of guanidine groups is 1. The molecule has 0 aliphatic carbocycles. The number of hydrogen-bond acceptors (Lipinski definition) is 2. The third-order valence-electron chi connectivity index (χ3n) is 3.64. The third kappa shape index (κ3) is 6.39. The van der Waals surface area contributed by atoms with Crippen LogP contribution in [-0.4, -0.2) is 17.6 Å². The van der Waals surface area contributed by atoms with E-state index in [2.05, 4.69) is 54.6 Å². The minimum absolute atomic E-state index is 0. The Morgan fingerprint density at radius 3 is 2.38 bits per heavy atom. The van der Waals surface area contributed by atoms with E-state index in [4.69, 9.17) is 0 Å². The van der Waals surface area contributed by atoms with Gasteiger partial charge in [0.05, 0.1) is 6.54 Å². The minimum atomic E-state index is 0. The van der Waals surface area contributed by atoms with Gasteiger partial charge in [0.25, 0.3) is 0 Å². The van der Waals surface area contributed by atoms with Crippen LogP contribution in [0.3, 0.4) is 0 Å². The van der Waals surface area contributed by atoms with Crippen molar-refractivity contribution in [3.8, 4) is 5.75 Å². The van der Waals surface area contributed by atoms with Gasteiger partial charge < -0.3 is 15.7 Å². The van der Waals surface area contributed by atoms with Gasteiger partial charge in [0.2, 0.25) is 0 Å². The summed E-state index contributed by atoms with van der Waals surface area (Å²) in [5.74, 6) is 1.07. The smallest absolute Gasteiger partial charge is 0.191 e. The summed E-state index contributed by atoms with van der Waals surface area (Å²) in [6.45, 7) is 8.41. The van der Waals surface area contributed by atoms with Crippen LogP contribution in [0.15, 0.2) is 47.5 Å². The Balaban J connectivity index is 0.00000288. The summed E-state index contributed by atoms with van der Waals surface area (Å²) in [6, 6.07) is 13.6. The van der Waals surface area contributed by atoms with E-state index in [1.54, 1.807) is 12.1 Å². The fourth-order valence-electron chi connectivity index (χ4n) is 2.34. The molecule has 0 spiro atoms. The highest BCUT2D eigenvalue weighted by atomic mass is 127. The SMILES string of the molecule is CCNC(=NCc1ccc(O)cc1)NCc1ccc(C)cc1C.I. The number of halogens is 1. The molecule has 0 radical (unpaired) electrons. The Morgan fingerprint density at radius 2 is 1.75 bits per heavy atom. The molecular weight excluding hydrogens is 413 g/mol. The Kier molecular flexibility index (Phi) is 8.60. The van der Waals surface area contributed by atoms with E-state index in [1.807, 2.05) is 12.1 Å². The number of benzene rings is 2. The maximum atomic E-state index is 9.31. The first-order valence-corrected chi connectivity index (χ1v) is 7.94. The minimum Gasteiger partial charge on any atom is -0.508 e. The van der Waals surface area contributed by atoms with Crippen LogP contribution in [0.1, 0.15) is 29.2 Å². The summed E-state index contributed by atoms with van der Waals surface area (Å²) in [5, 5.41) is 15.9. The lowest BCUT2D eigenvalue weighted by atomic mass is 10.1. The molecule has 0 fully saturated rings. The average Bonchev–Trinajstić information content (AvgIpc) is 2.53. The molecule has 3 N–H and O–H groups in total. The maximum Gasteiger partial charge on any atom is 0.191 e. The van der Waals surface area contributed by atoms with Crippen molar-refractivity contribution in [2.45, 2.75) is 33.9 Å². The van der Waals surface area contributed by atoms with Crippen LogP contribution in [0, 0.1) is 13.8 Å². The molecule has 0 saturated carbocycles. The zero-order valence-corrected chi connectivity index (χ0v) is 16.8. The van der Waals surface area contributed by atoms with Crippen molar-refractivity contribution in [3.63, 3.8) is 0 Å². The van der Waals surface area contributed by atoms with Crippen molar-refractivity contribution in [2.24, 2.45) is 4.99 Å². The van der Waals surface area contributed by atoms with Gasteiger partial charge >= 0.3 is 0 Å². The number of rotatable bonds is 5. The molecule has 0 aliphatic heterocycles. The van der Waals surface area contributed by atoms with Gasteiger partial charge in [0.1, 0.15) is 5.75 Å². The number of nitrogens with zero attached hydrogens (tertiary/aromatic N) is 1. The van der Waals surface area contributed by atoms with Crippen LogP contribution in [0.2, 0.25) is 0 Å². The van der Waals surface area contributed by atoms with Crippen LogP contribution in [0.5, 0.6) is 5.75 Å². The van der Waals surface area contributed by atoms with Gasteiger partial charge in [0.15, 0.2) is 5.96 Å². The molecule has 130 valence electrons. The molecule has 0 aliphatic rings. The van der Waals surface area contributed by atoms with E-state index in [0.29, 0.717) is 6.54 Å². The summed E-state index contributed by atoms with van der Waals surface area (Å²) >= 11 is 0. The number of phenolic OH excluding ortho intramolecular Hbond substituents is 1. The standard InChI is InChI=1S/C19H25N3O.HI/c1-4-20-19(21-12-16-6-9-18(23)10-7-16)22-13-17-8-5-14(2)11-15(17)3;/h5-11,23H,4,12-13H2,1-3H3,(H2,20,21,22);1H. The lowest BCUT2D eigenvalue weighted by Gasteiger charge is -2.13. The van der Waals surface area contributed by atoms with E-state index in [0.717, 1.165) is 24.6 Å². The van der Waals surface area contributed by atoms with E-state index < -0.39 is 0 Å². The molecule has 24 heavy (non-hydrogen) atoms. The molecule has 0 heterocycles. The second-order valence-corrected chi connectivity index (χ2v) is 5.65. The quantitative estimate of drug-likeness (QED) is 0.377. The predicted octanol–water partition coefficient (Wildman–Crippen LogP) is 3.88. The lowest BCUT2D eigenvalue weighted by Crippen LogP contribution is -2.36. The summed E-state index contributed by atoms with van der Waals surface area (Å²) < 4.78 is 0. The number of aryl methyl sites for hydroxylation is 2. The van der Waals surface area contributed by atoms with Crippen molar-refractivity contribution in [1.82, 2.24) is 10.6 Å². The average molecular weight is 439 g/mol. The fourth-order valence-corrected chi connectivity index (χ4v) is 2.34. The van der Waals surface area contributed by atoms with Crippen molar-refractivity contribution in [3.05, 3.63) is 64.7 Å². The Bertz CT molecular complexity index is 669. The molecule has 0 bridgehead atoms. The van der Waals surface area contributed by atoms with Crippen LogP contribution < -0.4 is 10.6 Å². The third-order valence-corrected chi connectivity index (χ3v) is 3.64. The second-order valence-electron chi connectivity index (χ2n) is 5.65. The van der Waals surface area contributed by atoms with Gasteiger partial charge in [-0.25, -0.2) is 4.99 Å². The molecule has 0 unspecified atom stereocenters. The first-order chi connectivity index (χ1) is 11.1. The molecule has 2 rings (SSSR count). The molecule has 0 amide bonds. The normalized spacial score (nSPS) is 10.9. The van der Waals surface area contributed by atoms with Crippen molar-refractivity contribution in [2.75, 3.05) is 6.54 Å². The van der Waals surface area contributed by atoms with Crippen LogP contribution >= 0.6 is 24.0 Å². The van der Waals surface area contributed by atoms with Crippen LogP contribution in [-0.2, 0) is 13.1 Å². The van der Waals surface area contributed by atoms with E-state index >= 15 is 0 Å². The van der Waals surface area contributed by atoms with E-state index in [9.17, 15) is 5.11 Å². The first-order valence-electron chi connectivity index (χ1n) is 7.94. The molecule has 5 heteroatoms. The van der Waals surface area contributed by atoms with Crippen molar-refractivity contribution < 1.29 is 5.11 Å². The number of phenols is 1. The highest BCUT2D eigenvalue weighted by molar-refractivity contribution is 14.0. The number of aliphatic imine (C=N–C) groups is 1. The monoisotopic (exact) mass is 439 g/mol. The number of hydrogen-bond donors (Lipinski definition) is 3. The summed E-state index contributed by atoms with van der Waals surface area (Å²) in [6.07, 6.45) is 0. The summed E-state index contributed by atoms with van der Waals surface area (Å²) in [7, 11) is 0. The van der Waals surface area contributed by atoms with E-state index in [1.165, 1.54) is 16.7 Å². The lowest BCUT2D eigenvalue weighted by molar-refractivity contribution is 0.475. The van der Waals surface area contributed by atoms with E-state index in [-0.39, 0.29) is 29.7 Å². The number of aromatic hydroxyl groups is 1. The molecule has 0 aromatic heterocycles. The van der Waals surface area contributed by atoms with Gasteiger partial charge in [-0.15, -0.1) is 24.0 Å². The Morgan fingerprint density at radius 1 is 1.04 bits per heavy atom. The van der Waals surface area contributed by atoms with Gasteiger partial charge in [-0.1, -0.05) is 35.9 Å². The molecule has 2 aromatic carbocycles. The van der Waals surface area contributed by atoms with Gasteiger partial charge in [-0.05, 0) is 49.6 Å². The first kappa shape index (κ1) is 20.3. The molecule has 0 atom stereocenters. The largest absolute Gasteiger partial charge is 0.508 e. The maximum absolute atomic E-state index is 9.31. The molecule has 4 nitrogen and oxygen atoms in total. The van der Waals surface area contributed by atoms with Crippen molar-refractivity contribution in [1.29, 1.82) is 0 Å². The Hall–Kier alpha value is -1.76. The topological polar surface area (TPSA) is 56.7 Å². The van der Waals surface area contributed by atoms with Gasteiger partial charge in [0, 0.05) is 13.1 Å². The summed E-state index contributed by atoms with van der Waals surface area (Å²) in [5.41, 5.74) is 4.89. The predicted molar refractivity (Wildman–Crippen MR) is 111 cm³/mol. The highest BCUT2D eigenvalue weighted by Crippen LogP contribution is 2.11. The van der Waals surface area contributed by atoms with Gasteiger partial charge in [-0.3, -0.25) is 0 Å². The molecule has 0 saturated heterocycles. The molecular formula is C19H26IN3O. The second kappa shape index (κ2) is 10.2.